The monoisotopic (exact) mass is 459 g/mol. The second-order valence-corrected chi connectivity index (χ2v) is 9.09. The Bertz CT molecular complexity index is 1190. The van der Waals surface area contributed by atoms with Crippen LogP contribution < -0.4 is 0 Å². The topological polar surface area (TPSA) is 37.4 Å². The van der Waals surface area contributed by atoms with Crippen LogP contribution in [0.2, 0.25) is 0 Å². The summed E-state index contributed by atoms with van der Waals surface area (Å²) in [6.45, 7) is 1.61. The van der Waals surface area contributed by atoms with E-state index in [1.165, 1.54) is 22.7 Å². The average molecular weight is 460 g/mol. The first-order valence-electron chi connectivity index (χ1n) is 10.1. The fourth-order valence-electron chi connectivity index (χ4n) is 3.06. The van der Waals surface area contributed by atoms with E-state index in [0.717, 1.165) is 32.0 Å². The van der Waals surface area contributed by atoms with Crippen LogP contribution >= 0.6 is 22.7 Å². The molecule has 162 valence electrons. The van der Waals surface area contributed by atoms with E-state index in [9.17, 15) is 9.59 Å². The molecule has 0 saturated heterocycles. The van der Waals surface area contributed by atoms with Crippen LogP contribution in [0.1, 0.15) is 26.3 Å². The van der Waals surface area contributed by atoms with Gasteiger partial charge in [0.2, 0.25) is 0 Å². The van der Waals surface area contributed by atoms with Crippen LogP contribution in [-0.4, -0.2) is 30.6 Å². The zero-order chi connectivity index (χ0) is 22.9. The molecule has 32 heavy (non-hydrogen) atoms. The summed E-state index contributed by atoms with van der Waals surface area (Å²) in [5.41, 5.74) is 4.25. The predicted octanol–water partition coefficient (Wildman–Crippen LogP) is 7.29. The largest absolute Gasteiger partial charge is 0.383 e. The lowest BCUT2D eigenvalue weighted by molar-refractivity contribution is 0.101. The van der Waals surface area contributed by atoms with E-state index in [1.807, 2.05) is 103 Å². The molecule has 4 aromatic rings. The third-order valence-electron chi connectivity index (χ3n) is 4.57. The van der Waals surface area contributed by atoms with Gasteiger partial charge in [-0.2, -0.15) is 0 Å². The average Bonchev–Trinajstić information content (AvgIpc) is 3.49. The molecule has 2 aromatic carbocycles. The smallest absolute Gasteiger partial charge is 0.197 e. The summed E-state index contributed by atoms with van der Waals surface area (Å²) in [6, 6.07) is 24.0. The summed E-state index contributed by atoms with van der Waals surface area (Å²) in [5, 5.41) is 3.91. The minimum Gasteiger partial charge on any atom is -0.383 e. The molecule has 0 N–H and O–H groups in total. The molecule has 0 radical (unpaired) electrons. The molecule has 0 spiro atoms. The van der Waals surface area contributed by atoms with Crippen molar-refractivity contribution in [3.8, 4) is 22.3 Å². The standard InChI is InChI=1S/C15H15NOS.C12H10OS/c1-16(2)10-8-14(17)15-13(9-11-18-15)12-6-4-3-5-7-12;1-9(13)12-11(7-8-14-12)10-5-3-2-4-6-10/h3-11H,1-2H3;2-8H,1H3/b10-8+;. The van der Waals surface area contributed by atoms with Gasteiger partial charge in [-0.15, -0.1) is 22.7 Å². The number of carbonyl (C=O) groups excluding carboxylic acids is 2. The van der Waals surface area contributed by atoms with Crippen molar-refractivity contribution in [3.05, 3.63) is 106 Å². The number of ketones is 2. The Morgan fingerprint density at radius 2 is 1.19 bits per heavy atom. The fourth-order valence-corrected chi connectivity index (χ4v) is 4.72. The SMILES string of the molecule is CC(=O)c1sccc1-c1ccccc1.CN(C)/C=C/C(=O)c1sccc1-c1ccccc1. The summed E-state index contributed by atoms with van der Waals surface area (Å²) in [5.74, 6) is 0.191. The highest BCUT2D eigenvalue weighted by molar-refractivity contribution is 7.13. The van der Waals surface area contributed by atoms with Crippen LogP contribution in [0.15, 0.2) is 95.8 Å². The molecule has 4 rings (SSSR count). The summed E-state index contributed by atoms with van der Waals surface area (Å²) >= 11 is 2.99. The molecule has 0 saturated carbocycles. The van der Waals surface area contributed by atoms with Crippen LogP contribution in [-0.2, 0) is 0 Å². The third kappa shape index (κ3) is 6.13. The minimum atomic E-state index is 0.0533. The first-order chi connectivity index (χ1) is 15.5. The molecule has 5 heteroatoms. The second kappa shape index (κ2) is 11.4. The van der Waals surface area contributed by atoms with Crippen molar-refractivity contribution < 1.29 is 9.59 Å². The summed E-state index contributed by atoms with van der Waals surface area (Å²) in [6.07, 6.45) is 3.38. The Labute approximate surface area is 197 Å². The van der Waals surface area contributed by atoms with E-state index >= 15 is 0 Å². The molecule has 0 atom stereocenters. The number of thiophene rings is 2. The highest BCUT2D eigenvalue weighted by Crippen LogP contribution is 2.29. The molecular weight excluding hydrogens is 434 g/mol. The first kappa shape index (κ1) is 23.4. The van der Waals surface area contributed by atoms with Gasteiger partial charge in [-0.25, -0.2) is 0 Å². The van der Waals surface area contributed by atoms with Crippen molar-refractivity contribution in [1.82, 2.24) is 4.90 Å². The zero-order valence-electron chi connectivity index (χ0n) is 18.3. The van der Waals surface area contributed by atoms with Gasteiger partial charge in [0.1, 0.15) is 0 Å². The first-order valence-corrected chi connectivity index (χ1v) is 11.9. The Morgan fingerprint density at radius 1 is 0.719 bits per heavy atom. The molecule has 2 heterocycles. The normalized spacial score (nSPS) is 10.5. The number of benzene rings is 2. The lowest BCUT2D eigenvalue weighted by Gasteiger charge is -2.03. The molecule has 2 aromatic heterocycles. The van der Waals surface area contributed by atoms with Crippen molar-refractivity contribution >= 4 is 34.2 Å². The van der Waals surface area contributed by atoms with Crippen LogP contribution in [0.3, 0.4) is 0 Å². The molecule has 0 aliphatic heterocycles. The van der Waals surface area contributed by atoms with Crippen molar-refractivity contribution in [2.75, 3.05) is 14.1 Å². The van der Waals surface area contributed by atoms with E-state index in [2.05, 4.69) is 0 Å². The number of allylic oxidation sites excluding steroid dienone is 1. The second-order valence-electron chi connectivity index (χ2n) is 7.26. The quantitative estimate of drug-likeness (QED) is 0.224. The number of hydrogen-bond acceptors (Lipinski definition) is 5. The van der Waals surface area contributed by atoms with E-state index < -0.39 is 0 Å². The highest BCUT2D eigenvalue weighted by atomic mass is 32.1. The van der Waals surface area contributed by atoms with Gasteiger partial charge < -0.3 is 4.90 Å². The van der Waals surface area contributed by atoms with Crippen molar-refractivity contribution in [3.63, 3.8) is 0 Å². The van der Waals surface area contributed by atoms with Gasteiger partial charge in [-0.3, -0.25) is 9.59 Å². The summed E-state index contributed by atoms with van der Waals surface area (Å²) < 4.78 is 0. The van der Waals surface area contributed by atoms with Gasteiger partial charge >= 0.3 is 0 Å². The number of nitrogens with zero attached hydrogens (tertiary/aromatic N) is 1. The number of rotatable bonds is 6. The summed E-state index contributed by atoms with van der Waals surface area (Å²) in [7, 11) is 3.80. The van der Waals surface area contributed by atoms with Crippen LogP contribution in [0.5, 0.6) is 0 Å². The van der Waals surface area contributed by atoms with E-state index in [4.69, 9.17) is 0 Å². The van der Waals surface area contributed by atoms with Crippen molar-refractivity contribution in [2.24, 2.45) is 0 Å². The third-order valence-corrected chi connectivity index (χ3v) is 6.51. The molecule has 0 fully saturated rings. The molecular formula is C27H25NO2S2. The predicted molar refractivity (Wildman–Crippen MR) is 137 cm³/mol. The van der Waals surface area contributed by atoms with Gasteiger partial charge in [0, 0.05) is 37.5 Å². The van der Waals surface area contributed by atoms with Gasteiger partial charge in [0.15, 0.2) is 11.6 Å². The Hall–Kier alpha value is -3.28. The molecule has 3 nitrogen and oxygen atoms in total. The Kier molecular flexibility index (Phi) is 8.31. The van der Waals surface area contributed by atoms with Gasteiger partial charge in [-0.05, 0) is 40.9 Å². The minimum absolute atomic E-state index is 0.0533. The lowest BCUT2D eigenvalue weighted by Crippen LogP contribution is -2.02. The van der Waals surface area contributed by atoms with Gasteiger partial charge in [0.05, 0.1) is 9.75 Å². The number of Topliss-reactive ketones (excluding diaryl/α,β-unsaturated/α-hetero) is 1. The van der Waals surface area contributed by atoms with Gasteiger partial charge in [0.25, 0.3) is 0 Å². The number of carbonyl (C=O) groups is 2. The van der Waals surface area contributed by atoms with E-state index in [1.54, 1.807) is 19.2 Å². The molecule has 0 amide bonds. The van der Waals surface area contributed by atoms with Gasteiger partial charge in [-0.1, -0.05) is 60.7 Å². The molecule has 0 aliphatic rings. The lowest BCUT2D eigenvalue weighted by atomic mass is 10.1. The Morgan fingerprint density at radius 3 is 1.66 bits per heavy atom. The highest BCUT2D eigenvalue weighted by Gasteiger charge is 2.12. The maximum absolute atomic E-state index is 12.1. The van der Waals surface area contributed by atoms with Crippen LogP contribution in [0.4, 0.5) is 0 Å². The maximum atomic E-state index is 12.1. The van der Waals surface area contributed by atoms with E-state index in [0.29, 0.717) is 0 Å². The Balaban J connectivity index is 0.000000186. The van der Waals surface area contributed by atoms with Crippen molar-refractivity contribution in [2.45, 2.75) is 6.92 Å². The molecule has 0 unspecified atom stereocenters. The summed E-state index contributed by atoms with van der Waals surface area (Å²) in [4.78, 5) is 26.9. The fraction of sp³-hybridized carbons (Fsp3) is 0.111. The van der Waals surface area contributed by atoms with Crippen LogP contribution in [0.25, 0.3) is 22.3 Å². The molecule has 0 aliphatic carbocycles. The molecule has 0 bridgehead atoms. The van der Waals surface area contributed by atoms with Crippen molar-refractivity contribution in [1.29, 1.82) is 0 Å². The van der Waals surface area contributed by atoms with Crippen LogP contribution in [0, 0.1) is 0 Å². The van der Waals surface area contributed by atoms with E-state index in [-0.39, 0.29) is 11.6 Å². The number of hydrogen-bond donors (Lipinski definition) is 0. The maximum Gasteiger partial charge on any atom is 0.197 e. The zero-order valence-corrected chi connectivity index (χ0v) is 20.0.